The van der Waals surface area contributed by atoms with Crippen LogP contribution in [0.4, 0.5) is 10.1 Å². The molecule has 0 aromatic heterocycles. The summed E-state index contributed by atoms with van der Waals surface area (Å²) in [5.74, 6) is -2.43. The molecule has 2 aromatic rings. The number of hydrogen-bond acceptors (Lipinski definition) is 6. The summed E-state index contributed by atoms with van der Waals surface area (Å²) in [7, 11) is 0. The van der Waals surface area contributed by atoms with Gasteiger partial charge < -0.3 is 20.1 Å². The predicted molar refractivity (Wildman–Crippen MR) is 122 cm³/mol. The number of halogens is 1. The van der Waals surface area contributed by atoms with E-state index in [0.29, 0.717) is 17.7 Å². The van der Waals surface area contributed by atoms with Crippen LogP contribution < -0.4 is 5.32 Å². The first-order valence-corrected chi connectivity index (χ1v) is 11.1. The number of rotatable bonds is 8. The molecule has 180 valence electrons. The molecule has 3 atom stereocenters. The number of anilines is 1. The quantitative estimate of drug-likeness (QED) is 0.453. The molecule has 2 aromatic carbocycles. The summed E-state index contributed by atoms with van der Waals surface area (Å²) in [6.07, 6.45) is -0.976. The van der Waals surface area contributed by atoms with E-state index in [9.17, 15) is 28.7 Å². The van der Waals surface area contributed by atoms with Gasteiger partial charge in [-0.15, -0.1) is 0 Å². The molecule has 0 spiro atoms. The van der Waals surface area contributed by atoms with Crippen LogP contribution in [-0.4, -0.2) is 58.4 Å². The summed E-state index contributed by atoms with van der Waals surface area (Å²) < 4.78 is 18.5. The van der Waals surface area contributed by atoms with E-state index in [4.69, 9.17) is 4.74 Å². The van der Waals surface area contributed by atoms with Crippen molar-refractivity contribution in [1.29, 1.82) is 0 Å². The first-order valence-electron chi connectivity index (χ1n) is 11.1. The topological polar surface area (TPSA) is 113 Å². The summed E-state index contributed by atoms with van der Waals surface area (Å²) in [5, 5.41) is 12.8. The third kappa shape index (κ3) is 6.05. The van der Waals surface area contributed by atoms with Gasteiger partial charge in [0.2, 0.25) is 11.7 Å². The van der Waals surface area contributed by atoms with E-state index >= 15 is 0 Å². The van der Waals surface area contributed by atoms with Crippen molar-refractivity contribution in [2.24, 2.45) is 0 Å². The molecule has 0 bridgehead atoms. The largest absolute Gasteiger partial charge is 0.453 e. The number of ketones is 1. The first-order chi connectivity index (χ1) is 16.2. The highest BCUT2D eigenvalue weighted by atomic mass is 19.1. The number of Topliss-reactive ketones (excluding diaryl/α,β-unsaturated/α-hetero) is 1. The number of benzene rings is 2. The summed E-state index contributed by atoms with van der Waals surface area (Å²) in [5.41, 5.74) is 1.01. The zero-order valence-electron chi connectivity index (χ0n) is 19.0. The number of amides is 2. The van der Waals surface area contributed by atoms with Crippen molar-refractivity contribution in [1.82, 2.24) is 4.90 Å². The highest BCUT2D eigenvalue weighted by molar-refractivity contribution is 6.01. The monoisotopic (exact) mass is 470 g/mol. The minimum Gasteiger partial charge on any atom is -0.453 e. The Labute approximate surface area is 196 Å². The van der Waals surface area contributed by atoms with E-state index < -0.39 is 41.7 Å². The molecule has 3 unspecified atom stereocenters. The fourth-order valence-corrected chi connectivity index (χ4v) is 3.73. The van der Waals surface area contributed by atoms with E-state index in [-0.39, 0.29) is 24.4 Å². The summed E-state index contributed by atoms with van der Waals surface area (Å²) in [4.78, 5) is 51.2. The fraction of sp³-hybridized carbons (Fsp3) is 0.360. The van der Waals surface area contributed by atoms with Gasteiger partial charge in [-0.3, -0.25) is 14.4 Å². The molecular formula is C25H27FN2O6. The van der Waals surface area contributed by atoms with Crippen LogP contribution in [0.3, 0.4) is 0 Å². The molecule has 2 N–H and O–H groups in total. The van der Waals surface area contributed by atoms with Crippen molar-refractivity contribution in [3.8, 4) is 0 Å². The Balaban J connectivity index is 1.64. The van der Waals surface area contributed by atoms with Crippen LogP contribution in [0.15, 0.2) is 48.5 Å². The van der Waals surface area contributed by atoms with Gasteiger partial charge >= 0.3 is 5.97 Å². The lowest BCUT2D eigenvalue weighted by Gasteiger charge is -2.24. The lowest BCUT2D eigenvalue weighted by molar-refractivity contribution is -0.151. The molecule has 1 heterocycles. The summed E-state index contributed by atoms with van der Waals surface area (Å²) in [6, 6.07) is 10.0. The summed E-state index contributed by atoms with van der Waals surface area (Å²) >= 11 is 0. The Morgan fingerprint density at radius 2 is 1.71 bits per heavy atom. The number of nitrogens with one attached hydrogen (secondary N) is 1. The lowest BCUT2D eigenvalue weighted by atomic mass is 10.1. The second-order valence-electron chi connectivity index (χ2n) is 8.19. The molecular weight excluding hydrogens is 443 g/mol. The van der Waals surface area contributed by atoms with E-state index in [1.54, 1.807) is 12.1 Å². The van der Waals surface area contributed by atoms with Gasteiger partial charge in [-0.25, -0.2) is 9.18 Å². The third-order valence-electron chi connectivity index (χ3n) is 5.50. The number of ether oxygens (including phenoxy) is 1. The smallest absolute Gasteiger partial charge is 0.329 e. The van der Waals surface area contributed by atoms with Crippen molar-refractivity contribution >= 4 is 29.3 Å². The van der Waals surface area contributed by atoms with Gasteiger partial charge in [0.15, 0.2) is 6.10 Å². The zero-order valence-corrected chi connectivity index (χ0v) is 19.0. The Kier molecular flexibility index (Phi) is 8.12. The molecule has 9 heteroatoms. The molecule has 0 saturated carbocycles. The van der Waals surface area contributed by atoms with Gasteiger partial charge in [0.25, 0.3) is 5.91 Å². The number of β-amino-alcohol motifs (C(OH)–C–C–N with tert-alkyl or cyclic N) is 1. The zero-order chi connectivity index (χ0) is 24.8. The van der Waals surface area contributed by atoms with Crippen LogP contribution in [0.1, 0.15) is 53.8 Å². The maximum absolute atomic E-state index is 13.2. The Morgan fingerprint density at radius 3 is 2.32 bits per heavy atom. The number of carbonyl (C=O) groups is 4. The second kappa shape index (κ2) is 11.0. The first kappa shape index (κ1) is 25.0. The van der Waals surface area contributed by atoms with E-state index in [1.165, 1.54) is 36.1 Å². The van der Waals surface area contributed by atoms with Gasteiger partial charge in [0.1, 0.15) is 11.9 Å². The van der Waals surface area contributed by atoms with Gasteiger partial charge in [0.05, 0.1) is 6.10 Å². The van der Waals surface area contributed by atoms with Crippen LogP contribution in [-0.2, 0) is 14.3 Å². The fourth-order valence-electron chi connectivity index (χ4n) is 3.73. The number of carbonyl (C=O) groups excluding carboxylic acids is 4. The second-order valence-corrected chi connectivity index (χ2v) is 8.19. The molecule has 1 fully saturated rings. The standard InChI is InChI=1S/C25H27FN2O6/c1-3-4-22(30)27-19-11-7-16(8-12-19)23(31)15(2)34-25(33)21-13-20(29)14-28(21)24(32)17-5-9-18(26)10-6-17/h5-12,15,20-21,29H,3-4,13-14H2,1-2H3,(H,27,30). The van der Waals surface area contributed by atoms with Crippen LogP contribution >= 0.6 is 0 Å². The van der Waals surface area contributed by atoms with E-state index in [2.05, 4.69) is 5.32 Å². The molecule has 0 aliphatic carbocycles. The average Bonchev–Trinajstić information content (AvgIpc) is 3.21. The van der Waals surface area contributed by atoms with Crippen molar-refractivity contribution in [2.75, 3.05) is 11.9 Å². The highest BCUT2D eigenvalue weighted by Crippen LogP contribution is 2.23. The van der Waals surface area contributed by atoms with Crippen molar-refractivity contribution in [2.45, 2.75) is 51.4 Å². The lowest BCUT2D eigenvalue weighted by Crippen LogP contribution is -2.43. The number of aliphatic hydroxyl groups is 1. The SMILES string of the molecule is CCCC(=O)Nc1ccc(C(=O)C(C)OC(=O)C2CC(O)CN2C(=O)c2ccc(F)cc2)cc1. The van der Waals surface area contributed by atoms with Gasteiger partial charge in [0, 0.05) is 36.2 Å². The average molecular weight is 470 g/mol. The Hall–Kier alpha value is -3.59. The number of esters is 1. The summed E-state index contributed by atoms with van der Waals surface area (Å²) in [6.45, 7) is 3.24. The van der Waals surface area contributed by atoms with E-state index in [0.717, 1.165) is 18.6 Å². The van der Waals surface area contributed by atoms with Gasteiger partial charge in [-0.1, -0.05) is 6.92 Å². The molecule has 3 rings (SSSR count). The molecule has 8 nitrogen and oxygen atoms in total. The van der Waals surface area contributed by atoms with E-state index in [1.807, 2.05) is 6.92 Å². The van der Waals surface area contributed by atoms with Crippen molar-refractivity contribution < 1.29 is 33.4 Å². The Morgan fingerprint density at radius 1 is 1.09 bits per heavy atom. The molecule has 2 amide bonds. The van der Waals surface area contributed by atoms with Crippen LogP contribution in [0.5, 0.6) is 0 Å². The molecule has 34 heavy (non-hydrogen) atoms. The maximum Gasteiger partial charge on any atom is 0.329 e. The Bertz CT molecular complexity index is 1050. The number of hydrogen-bond donors (Lipinski definition) is 2. The van der Waals surface area contributed by atoms with Gasteiger partial charge in [-0.05, 0) is 61.9 Å². The van der Waals surface area contributed by atoms with Crippen LogP contribution in [0.25, 0.3) is 0 Å². The molecule has 1 aliphatic heterocycles. The number of nitrogens with zero attached hydrogens (tertiary/aromatic N) is 1. The molecule has 1 saturated heterocycles. The van der Waals surface area contributed by atoms with Gasteiger partial charge in [-0.2, -0.15) is 0 Å². The molecule has 0 radical (unpaired) electrons. The highest BCUT2D eigenvalue weighted by Gasteiger charge is 2.41. The predicted octanol–water partition coefficient (Wildman–Crippen LogP) is 2.95. The van der Waals surface area contributed by atoms with Crippen LogP contribution in [0.2, 0.25) is 0 Å². The van der Waals surface area contributed by atoms with Crippen molar-refractivity contribution in [3.63, 3.8) is 0 Å². The third-order valence-corrected chi connectivity index (χ3v) is 5.50. The number of aliphatic hydroxyl groups excluding tert-OH is 1. The normalized spacial score (nSPS) is 18.3. The maximum atomic E-state index is 13.2. The number of likely N-dealkylation sites (tertiary alicyclic amines) is 1. The van der Waals surface area contributed by atoms with Crippen LogP contribution in [0, 0.1) is 5.82 Å². The minimum absolute atomic E-state index is 0.0289. The van der Waals surface area contributed by atoms with Crippen molar-refractivity contribution in [3.05, 3.63) is 65.5 Å². The molecule has 1 aliphatic rings. The minimum atomic E-state index is -1.13.